The molecule has 0 spiro atoms. The second kappa shape index (κ2) is 6.43. The van der Waals surface area contributed by atoms with Gasteiger partial charge in [0.25, 0.3) is 0 Å². The minimum Gasteiger partial charge on any atom is -0.386 e. The smallest absolute Gasteiger partial charge is 0.386 e. The molecule has 0 fully saturated rings. The minimum absolute atomic E-state index is 0.134. The van der Waals surface area contributed by atoms with E-state index in [4.69, 9.17) is 4.84 Å². The Hall–Kier alpha value is -2.09. The topological polar surface area (TPSA) is 46.5 Å². The number of hydrogen-bond donors (Lipinski definition) is 1. The summed E-state index contributed by atoms with van der Waals surface area (Å²) in [4.78, 5) is 9.27. The summed E-state index contributed by atoms with van der Waals surface area (Å²) in [5.74, 6) is 0.134. The summed E-state index contributed by atoms with van der Waals surface area (Å²) >= 11 is 3.28. The number of oxime groups is 1. The lowest BCUT2D eigenvalue weighted by Gasteiger charge is -2.14. The molecule has 0 radical (unpaired) electrons. The number of rotatable bonds is 3. The Bertz CT molecular complexity index is 792. The first-order chi connectivity index (χ1) is 11.3. The molecule has 1 aliphatic rings. The van der Waals surface area contributed by atoms with Crippen LogP contribution in [0.4, 0.5) is 24.7 Å². The molecule has 1 aromatic heterocycles. The normalized spacial score (nSPS) is 17.4. The average molecular weight is 400 g/mol. The van der Waals surface area contributed by atoms with E-state index in [0.29, 0.717) is 12.1 Å². The standard InChI is InChI=1S/C16H13BrF3N3O/c1-9-2-3-10(13-8-14(17)23-24-13)6-12(9)22-15-7-11(4-5-21-15)16(18,19)20/h2-7,13H,8H2,1H3,(H,21,22). The third-order valence-corrected chi connectivity index (χ3v) is 4.08. The maximum Gasteiger partial charge on any atom is 0.416 e. The highest BCUT2D eigenvalue weighted by Crippen LogP contribution is 2.33. The summed E-state index contributed by atoms with van der Waals surface area (Å²) in [6.45, 7) is 1.86. The molecule has 2 aromatic rings. The zero-order valence-electron chi connectivity index (χ0n) is 12.6. The second-order valence-corrected chi connectivity index (χ2v) is 6.31. The van der Waals surface area contributed by atoms with Crippen LogP contribution < -0.4 is 5.32 Å². The molecule has 0 saturated heterocycles. The highest BCUT2D eigenvalue weighted by atomic mass is 79.9. The van der Waals surface area contributed by atoms with Crippen LogP contribution in [-0.4, -0.2) is 9.60 Å². The van der Waals surface area contributed by atoms with Gasteiger partial charge in [-0.25, -0.2) is 4.98 Å². The molecular weight excluding hydrogens is 387 g/mol. The van der Waals surface area contributed by atoms with Crippen LogP contribution in [0.15, 0.2) is 41.7 Å². The van der Waals surface area contributed by atoms with Crippen molar-refractivity contribution in [1.82, 2.24) is 4.98 Å². The lowest BCUT2D eigenvalue weighted by molar-refractivity contribution is -0.137. The summed E-state index contributed by atoms with van der Waals surface area (Å²) in [6, 6.07) is 7.55. The van der Waals surface area contributed by atoms with Gasteiger partial charge in [0.2, 0.25) is 0 Å². The molecule has 1 unspecified atom stereocenters. The number of benzene rings is 1. The molecule has 1 atom stereocenters. The quantitative estimate of drug-likeness (QED) is 0.759. The number of halogens is 4. The largest absolute Gasteiger partial charge is 0.416 e. The summed E-state index contributed by atoms with van der Waals surface area (Å²) in [6.07, 6.45) is -2.87. The van der Waals surface area contributed by atoms with Gasteiger partial charge in [-0.15, -0.1) is 0 Å². The first-order valence-corrected chi connectivity index (χ1v) is 7.91. The van der Waals surface area contributed by atoms with Gasteiger partial charge in [0.1, 0.15) is 10.4 Å². The Labute approximate surface area is 144 Å². The summed E-state index contributed by atoms with van der Waals surface area (Å²) in [5, 5.41) is 6.79. The van der Waals surface area contributed by atoms with Gasteiger partial charge in [-0.05, 0) is 52.2 Å². The van der Waals surface area contributed by atoms with Gasteiger partial charge in [-0.1, -0.05) is 17.3 Å². The molecule has 0 aliphatic carbocycles. The summed E-state index contributed by atoms with van der Waals surface area (Å²) < 4.78 is 39.1. The van der Waals surface area contributed by atoms with Crippen molar-refractivity contribution in [3.8, 4) is 0 Å². The first kappa shape index (κ1) is 16.8. The molecule has 8 heteroatoms. The Kier molecular flexibility index (Phi) is 4.49. The number of alkyl halides is 3. The molecule has 0 amide bonds. The third kappa shape index (κ3) is 3.69. The predicted octanol–water partition coefficient (Wildman–Crippen LogP) is 5.32. The fourth-order valence-corrected chi connectivity index (χ4v) is 2.69. The fraction of sp³-hybridized carbons (Fsp3) is 0.250. The molecular formula is C16H13BrF3N3O. The van der Waals surface area contributed by atoms with Gasteiger partial charge in [0.15, 0.2) is 6.10 Å². The van der Waals surface area contributed by atoms with Crippen molar-refractivity contribution >= 4 is 32.1 Å². The van der Waals surface area contributed by atoms with Gasteiger partial charge in [-0.2, -0.15) is 13.2 Å². The van der Waals surface area contributed by atoms with Crippen molar-refractivity contribution in [2.24, 2.45) is 5.16 Å². The van der Waals surface area contributed by atoms with E-state index in [1.54, 1.807) is 0 Å². The molecule has 0 bridgehead atoms. The van der Waals surface area contributed by atoms with Gasteiger partial charge in [0, 0.05) is 18.3 Å². The highest BCUT2D eigenvalue weighted by Gasteiger charge is 2.30. The van der Waals surface area contributed by atoms with Gasteiger partial charge < -0.3 is 10.2 Å². The Morgan fingerprint density at radius 3 is 2.71 bits per heavy atom. The van der Waals surface area contributed by atoms with Gasteiger partial charge in [-0.3, -0.25) is 0 Å². The molecule has 3 rings (SSSR count). The van der Waals surface area contributed by atoms with Crippen molar-refractivity contribution < 1.29 is 18.0 Å². The van der Waals surface area contributed by atoms with E-state index in [0.717, 1.165) is 34.1 Å². The Morgan fingerprint density at radius 1 is 1.25 bits per heavy atom. The highest BCUT2D eigenvalue weighted by molar-refractivity contribution is 9.18. The number of aromatic nitrogens is 1. The van der Waals surface area contributed by atoms with E-state index in [1.807, 2.05) is 25.1 Å². The van der Waals surface area contributed by atoms with Crippen molar-refractivity contribution in [3.63, 3.8) is 0 Å². The number of anilines is 2. The van der Waals surface area contributed by atoms with Gasteiger partial charge in [0.05, 0.1) is 5.56 Å². The summed E-state index contributed by atoms with van der Waals surface area (Å²) in [7, 11) is 0. The molecule has 1 aliphatic heterocycles. The van der Waals surface area contributed by atoms with Gasteiger partial charge >= 0.3 is 6.18 Å². The molecule has 2 heterocycles. The zero-order chi connectivity index (χ0) is 17.3. The average Bonchev–Trinajstić information content (AvgIpc) is 2.95. The molecule has 1 N–H and O–H groups in total. The SMILES string of the molecule is Cc1ccc(C2CC(Br)=NO2)cc1Nc1cc(C(F)(F)F)ccn1. The van der Waals surface area contributed by atoms with E-state index in [9.17, 15) is 13.2 Å². The molecule has 4 nitrogen and oxygen atoms in total. The molecule has 126 valence electrons. The van der Waals surface area contributed by atoms with Crippen LogP contribution in [0.1, 0.15) is 29.2 Å². The van der Waals surface area contributed by atoms with Crippen molar-refractivity contribution in [2.75, 3.05) is 5.32 Å². The maximum absolute atomic E-state index is 12.8. The van der Waals surface area contributed by atoms with Crippen LogP contribution in [0, 0.1) is 6.92 Å². The number of aryl methyl sites for hydroxylation is 1. The van der Waals surface area contributed by atoms with Crippen molar-refractivity contribution in [3.05, 3.63) is 53.2 Å². The first-order valence-electron chi connectivity index (χ1n) is 7.12. The van der Waals surface area contributed by atoms with Crippen LogP contribution in [0.2, 0.25) is 0 Å². The van der Waals surface area contributed by atoms with E-state index < -0.39 is 11.7 Å². The maximum atomic E-state index is 12.8. The van der Waals surface area contributed by atoms with Crippen molar-refractivity contribution in [1.29, 1.82) is 0 Å². The van der Waals surface area contributed by atoms with E-state index >= 15 is 0 Å². The molecule has 0 saturated carbocycles. The van der Waals surface area contributed by atoms with Crippen LogP contribution in [0.5, 0.6) is 0 Å². The van der Waals surface area contributed by atoms with Crippen LogP contribution in [0.25, 0.3) is 0 Å². The minimum atomic E-state index is -4.41. The van der Waals surface area contributed by atoms with E-state index in [-0.39, 0.29) is 11.9 Å². The second-order valence-electron chi connectivity index (χ2n) is 5.39. The van der Waals surface area contributed by atoms with E-state index in [2.05, 4.69) is 31.4 Å². The molecule has 1 aromatic carbocycles. The third-order valence-electron chi connectivity index (χ3n) is 3.62. The van der Waals surface area contributed by atoms with Crippen LogP contribution in [0.3, 0.4) is 0 Å². The number of nitrogens with zero attached hydrogens (tertiary/aromatic N) is 2. The number of pyridine rings is 1. The monoisotopic (exact) mass is 399 g/mol. The van der Waals surface area contributed by atoms with Crippen LogP contribution >= 0.6 is 15.9 Å². The fourth-order valence-electron chi connectivity index (χ4n) is 2.31. The van der Waals surface area contributed by atoms with E-state index in [1.165, 1.54) is 0 Å². The van der Waals surface area contributed by atoms with Crippen LogP contribution in [-0.2, 0) is 11.0 Å². The zero-order valence-corrected chi connectivity index (χ0v) is 14.1. The number of hydrogen-bond acceptors (Lipinski definition) is 4. The lowest BCUT2D eigenvalue weighted by atomic mass is 10.0. The lowest BCUT2D eigenvalue weighted by Crippen LogP contribution is -2.06. The van der Waals surface area contributed by atoms with Crippen molar-refractivity contribution in [2.45, 2.75) is 25.6 Å². The molecule has 24 heavy (non-hydrogen) atoms. The Balaban J connectivity index is 1.85. The predicted molar refractivity (Wildman–Crippen MR) is 88.5 cm³/mol. The summed E-state index contributed by atoms with van der Waals surface area (Å²) in [5.41, 5.74) is 1.69. The number of nitrogens with one attached hydrogen (secondary N) is 1. The Morgan fingerprint density at radius 2 is 2.04 bits per heavy atom.